The molecule has 2 nitrogen and oxygen atoms in total. The molecule has 1 aromatic carbocycles. The van der Waals surface area contributed by atoms with Crippen LogP contribution in [-0.2, 0) is 0 Å². The SMILES string of the molecule is N#CC1(Nc2ccc(Br)cc2)CCCCCCC1. The highest BCUT2D eigenvalue weighted by Gasteiger charge is 2.29. The Balaban J connectivity index is 2.11. The number of hydrogen-bond acceptors (Lipinski definition) is 2. The van der Waals surface area contributed by atoms with Crippen molar-refractivity contribution in [3.05, 3.63) is 28.7 Å². The Morgan fingerprint density at radius 1 is 1.00 bits per heavy atom. The van der Waals surface area contributed by atoms with Crippen LogP contribution in [0, 0.1) is 11.3 Å². The summed E-state index contributed by atoms with van der Waals surface area (Å²) in [6.45, 7) is 0. The Morgan fingerprint density at radius 2 is 1.56 bits per heavy atom. The van der Waals surface area contributed by atoms with Gasteiger partial charge in [0.1, 0.15) is 5.54 Å². The molecule has 0 atom stereocenters. The van der Waals surface area contributed by atoms with E-state index in [-0.39, 0.29) is 5.54 Å². The van der Waals surface area contributed by atoms with E-state index in [1.807, 2.05) is 24.3 Å². The molecule has 0 saturated heterocycles. The highest BCUT2D eigenvalue weighted by atomic mass is 79.9. The number of rotatable bonds is 2. The van der Waals surface area contributed by atoms with Crippen molar-refractivity contribution in [2.24, 2.45) is 0 Å². The Kier molecular flexibility index (Phi) is 4.66. The average molecular weight is 307 g/mol. The molecule has 0 aromatic heterocycles. The topological polar surface area (TPSA) is 35.8 Å². The fourth-order valence-electron chi connectivity index (χ4n) is 2.58. The molecule has 18 heavy (non-hydrogen) atoms. The lowest BCUT2D eigenvalue weighted by atomic mass is 9.85. The van der Waals surface area contributed by atoms with Crippen molar-refractivity contribution in [3.63, 3.8) is 0 Å². The van der Waals surface area contributed by atoms with E-state index in [9.17, 15) is 5.26 Å². The highest BCUT2D eigenvalue weighted by Crippen LogP contribution is 2.29. The second kappa shape index (κ2) is 6.24. The fraction of sp³-hybridized carbons (Fsp3) is 0.533. The van der Waals surface area contributed by atoms with Crippen LogP contribution in [0.1, 0.15) is 44.9 Å². The van der Waals surface area contributed by atoms with Gasteiger partial charge in [0, 0.05) is 10.2 Å². The molecule has 1 aliphatic rings. The number of benzene rings is 1. The van der Waals surface area contributed by atoms with Crippen LogP contribution in [0.25, 0.3) is 0 Å². The first-order valence-corrected chi connectivity index (χ1v) is 7.48. The van der Waals surface area contributed by atoms with E-state index in [1.54, 1.807) is 0 Å². The third kappa shape index (κ3) is 3.49. The van der Waals surface area contributed by atoms with Gasteiger partial charge in [0.15, 0.2) is 0 Å². The van der Waals surface area contributed by atoms with E-state index in [0.717, 1.165) is 35.8 Å². The van der Waals surface area contributed by atoms with Gasteiger partial charge in [0.25, 0.3) is 0 Å². The zero-order chi connectivity index (χ0) is 12.8. The standard InChI is InChI=1S/C15H19BrN2/c16-13-6-8-14(9-7-13)18-15(12-17)10-4-2-1-3-5-11-15/h6-9,18H,1-5,10-11H2. The van der Waals surface area contributed by atoms with Crippen molar-refractivity contribution in [2.75, 3.05) is 5.32 Å². The van der Waals surface area contributed by atoms with Crippen molar-refractivity contribution < 1.29 is 0 Å². The molecule has 1 N–H and O–H groups in total. The number of nitrogens with zero attached hydrogens (tertiary/aromatic N) is 1. The van der Waals surface area contributed by atoms with Crippen LogP contribution >= 0.6 is 15.9 Å². The minimum absolute atomic E-state index is 0.367. The largest absolute Gasteiger partial charge is 0.367 e. The van der Waals surface area contributed by atoms with E-state index in [4.69, 9.17) is 0 Å². The lowest BCUT2D eigenvalue weighted by Gasteiger charge is -2.30. The molecule has 0 heterocycles. The summed E-state index contributed by atoms with van der Waals surface area (Å²) < 4.78 is 1.07. The zero-order valence-corrected chi connectivity index (χ0v) is 12.2. The number of nitrogens with one attached hydrogen (secondary N) is 1. The van der Waals surface area contributed by atoms with Gasteiger partial charge >= 0.3 is 0 Å². The number of halogens is 1. The first-order valence-electron chi connectivity index (χ1n) is 6.69. The minimum atomic E-state index is -0.367. The molecule has 1 saturated carbocycles. The number of anilines is 1. The molecule has 1 aliphatic carbocycles. The molecule has 0 radical (unpaired) electrons. The van der Waals surface area contributed by atoms with Crippen LogP contribution in [0.15, 0.2) is 28.7 Å². The summed E-state index contributed by atoms with van der Waals surface area (Å²) in [6, 6.07) is 10.6. The number of nitriles is 1. The molecule has 3 heteroatoms. The number of hydrogen-bond donors (Lipinski definition) is 1. The van der Waals surface area contributed by atoms with Gasteiger partial charge in [0.05, 0.1) is 6.07 Å². The van der Waals surface area contributed by atoms with Crippen LogP contribution in [0.4, 0.5) is 5.69 Å². The van der Waals surface area contributed by atoms with E-state index in [0.29, 0.717) is 0 Å². The van der Waals surface area contributed by atoms with Gasteiger partial charge in [-0.3, -0.25) is 0 Å². The van der Waals surface area contributed by atoms with Crippen molar-refractivity contribution in [2.45, 2.75) is 50.5 Å². The maximum Gasteiger partial charge on any atom is 0.125 e. The first kappa shape index (κ1) is 13.4. The van der Waals surface area contributed by atoms with Gasteiger partial charge < -0.3 is 5.32 Å². The van der Waals surface area contributed by atoms with Crippen molar-refractivity contribution >= 4 is 21.6 Å². The predicted octanol–water partition coefficient (Wildman–Crippen LogP) is 4.87. The monoisotopic (exact) mass is 306 g/mol. The second-order valence-corrected chi connectivity index (χ2v) is 6.01. The van der Waals surface area contributed by atoms with E-state index in [2.05, 4.69) is 27.3 Å². The Bertz CT molecular complexity index is 411. The third-order valence-electron chi connectivity index (χ3n) is 3.65. The quantitative estimate of drug-likeness (QED) is 0.846. The molecule has 0 aliphatic heterocycles. The van der Waals surface area contributed by atoms with E-state index in [1.165, 1.54) is 19.3 Å². The average Bonchev–Trinajstić information content (AvgIpc) is 2.36. The molecule has 0 unspecified atom stereocenters. The second-order valence-electron chi connectivity index (χ2n) is 5.09. The summed E-state index contributed by atoms with van der Waals surface area (Å²) in [4.78, 5) is 0. The van der Waals surface area contributed by atoms with Crippen molar-refractivity contribution in [3.8, 4) is 6.07 Å². The summed E-state index contributed by atoms with van der Waals surface area (Å²) in [5.74, 6) is 0. The Hall–Kier alpha value is -1.01. The molecule has 2 rings (SSSR count). The van der Waals surface area contributed by atoms with Crippen molar-refractivity contribution in [1.29, 1.82) is 5.26 Å². The van der Waals surface area contributed by atoms with Gasteiger partial charge in [-0.25, -0.2) is 0 Å². The highest BCUT2D eigenvalue weighted by molar-refractivity contribution is 9.10. The maximum absolute atomic E-state index is 9.55. The lowest BCUT2D eigenvalue weighted by molar-refractivity contribution is 0.410. The molecule has 0 bridgehead atoms. The van der Waals surface area contributed by atoms with Gasteiger partial charge in [-0.15, -0.1) is 0 Å². The van der Waals surface area contributed by atoms with Crippen LogP contribution in [0.2, 0.25) is 0 Å². The van der Waals surface area contributed by atoms with Crippen LogP contribution in [0.3, 0.4) is 0 Å². The first-order chi connectivity index (χ1) is 8.74. The van der Waals surface area contributed by atoms with Gasteiger partial charge in [-0.1, -0.05) is 48.0 Å². The maximum atomic E-state index is 9.55. The van der Waals surface area contributed by atoms with Gasteiger partial charge in [0.2, 0.25) is 0 Å². The molecule has 0 spiro atoms. The van der Waals surface area contributed by atoms with Crippen LogP contribution in [0.5, 0.6) is 0 Å². The summed E-state index contributed by atoms with van der Waals surface area (Å²) in [5.41, 5.74) is 0.675. The molecule has 0 amide bonds. The van der Waals surface area contributed by atoms with Gasteiger partial charge in [-0.2, -0.15) is 5.26 Å². The normalized spacial score (nSPS) is 19.3. The smallest absolute Gasteiger partial charge is 0.125 e. The predicted molar refractivity (Wildman–Crippen MR) is 78.4 cm³/mol. The Morgan fingerprint density at radius 3 is 2.11 bits per heavy atom. The molecular weight excluding hydrogens is 288 g/mol. The molecular formula is C15H19BrN2. The van der Waals surface area contributed by atoms with E-state index < -0.39 is 0 Å². The molecule has 96 valence electrons. The third-order valence-corrected chi connectivity index (χ3v) is 4.18. The van der Waals surface area contributed by atoms with E-state index >= 15 is 0 Å². The summed E-state index contributed by atoms with van der Waals surface area (Å²) in [7, 11) is 0. The summed E-state index contributed by atoms with van der Waals surface area (Å²) in [5, 5.41) is 13.0. The van der Waals surface area contributed by atoms with Crippen LogP contribution in [-0.4, -0.2) is 5.54 Å². The summed E-state index contributed by atoms with van der Waals surface area (Å²) in [6.07, 6.45) is 8.05. The zero-order valence-electron chi connectivity index (χ0n) is 10.6. The molecule has 1 fully saturated rings. The molecule has 1 aromatic rings. The van der Waals surface area contributed by atoms with Gasteiger partial charge in [-0.05, 0) is 37.1 Å². The Labute approximate surface area is 118 Å². The minimum Gasteiger partial charge on any atom is -0.367 e. The lowest BCUT2D eigenvalue weighted by Crippen LogP contribution is -2.37. The van der Waals surface area contributed by atoms with Crippen molar-refractivity contribution in [1.82, 2.24) is 0 Å². The summed E-state index contributed by atoms with van der Waals surface area (Å²) >= 11 is 3.43. The van der Waals surface area contributed by atoms with Crippen LogP contribution < -0.4 is 5.32 Å². The fourth-order valence-corrected chi connectivity index (χ4v) is 2.85.